The molecule has 138 valence electrons. The van der Waals surface area contributed by atoms with Gasteiger partial charge in [0.2, 0.25) is 0 Å². The fourth-order valence-electron chi connectivity index (χ4n) is 2.90. The van der Waals surface area contributed by atoms with Gasteiger partial charge in [-0.2, -0.15) is 0 Å². The van der Waals surface area contributed by atoms with Gasteiger partial charge in [-0.25, -0.2) is 9.97 Å². The van der Waals surface area contributed by atoms with Crippen molar-refractivity contribution in [2.24, 2.45) is 0 Å². The molecule has 1 amide bonds. The Labute approximate surface area is 167 Å². The maximum Gasteiger partial charge on any atom is 0.255 e. The van der Waals surface area contributed by atoms with E-state index in [4.69, 9.17) is 0 Å². The number of rotatable bonds is 4. The molecule has 1 N–H and O–H groups in total. The van der Waals surface area contributed by atoms with Crippen LogP contribution in [0.15, 0.2) is 55.0 Å². The smallest absolute Gasteiger partial charge is 0.255 e. The van der Waals surface area contributed by atoms with Crippen molar-refractivity contribution in [3.05, 3.63) is 71.9 Å². The summed E-state index contributed by atoms with van der Waals surface area (Å²) in [7, 11) is 0. The van der Waals surface area contributed by atoms with Gasteiger partial charge in [-0.05, 0) is 54.7 Å². The minimum absolute atomic E-state index is 0.126. The molecule has 0 atom stereocenters. The van der Waals surface area contributed by atoms with E-state index in [0.717, 1.165) is 11.6 Å². The van der Waals surface area contributed by atoms with Crippen LogP contribution in [0.1, 0.15) is 32.7 Å². The highest BCUT2D eigenvalue weighted by molar-refractivity contribution is 8.16. The first-order chi connectivity index (χ1) is 13.2. The number of benzene rings is 1. The number of aryl methyl sites for hydroxylation is 1. The molecule has 0 unspecified atom stereocenters. The molecule has 0 saturated carbocycles. The molecule has 0 radical (unpaired) electrons. The standard InChI is InChI=1S/C20H20N4OS2/c1-14-21-9-10-24(14)18-8-7-17(13-22-18)23-19(25)15-3-5-16(6-4-15)20-26-11-2-12-27-20/h3-10,13,20H,2,11-12H2,1H3,(H,23,25). The average Bonchev–Trinajstić information content (AvgIpc) is 3.15. The maximum atomic E-state index is 12.5. The van der Waals surface area contributed by atoms with Crippen molar-refractivity contribution in [2.75, 3.05) is 16.8 Å². The Bertz CT molecular complexity index is 916. The molecule has 0 bridgehead atoms. The van der Waals surface area contributed by atoms with Crippen molar-refractivity contribution < 1.29 is 4.79 Å². The first kappa shape index (κ1) is 18.1. The lowest BCUT2D eigenvalue weighted by Gasteiger charge is -2.21. The summed E-state index contributed by atoms with van der Waals surface area (Å²) in [5.74, 6) is 3.94. The normalized spacial score (nSPS) is 14.9. The van der Waals surface area contributed by atoms with Gasteiger partial charge in [0.15, 0.2) is 0 Å². The third kappa shape index (κ3) is 4.20. The molecule has 1 saturated heterocycles. The first-order valence-corrected chi connectivity index (χ1v) is 10.9. The SMILES string of the molecule is Cc1nccn1-c1ccc(NC(=O)c2ccc(C3SCCCS3)cc2)cn1. The fraction of sp³-hybridized carbons (Fsp3) is 0.250. The average molecular weight is 397 g/mol. The zero-order valence-corrected chi connectivity index (χ0v) is 16.6. The Morgan fingerprint density at radius 2 is 1.89 bits per heavy atom. The molecule has 1 fully saturated rings. The number of thioether (sulfide) groups is 2. The molecular formula is C20H20N4OS2. The third-order valence-electron chi connectivity index (χ3n) is 4.35. The molecule has 2 aromatic heterocycles. The van der Waals surface area contributed by atoms with Crippen molar-refractivity contribution in [3.63, 3.8) is 0 Å². The van der Waals surface area contributed by atoms with Gasteiger partial charge in [-0.15, -0.1) is 23.5 Å². The number of aromatic nitrogens is 3. The van der Waals surface area contributed by atoms with E-state index in [2.05, 4.69) is 27.4 Å². The van der Waals surface area contributed by atoms with Gasteiger partial charge in [0.25, 0.3) is 5.91 Å². The van der Waals surface area contributed by atoms with Gasteiger partial charge in [-0.3, -0.25) is 9.36 Å². The summed E-state index contributed by atoms with van der Waals surface area (Å²) in [4.78, 5) is 21.1. The molecule has 1 aromatic carbocycles. The second-order valence-electron chi connectivity index (χ2n) is 6.25. The topological polar surface area (TPSA) is 59.8 Å². The molecule has 3 aromatic rings. The molecule has 27 heavy (non-hydrogen) atoms. The fourth-order valence-corrected chi connectivity index (χ4v) is 5.79. The monoisotopic (exact) mass is 396 g/mol. The van der Waals surface area contributed by atoms with Crippen molar-refractivity contribution in [3.8, 4) is 5.82 Å². The summed E-state index contributed by atoms with van der Waals surface area (Å²) in [5.41, 5.74) is 2.60. The van der Waals surface area contributed by atoms with E-state index in [1.807, 2.05) is 65.5 Å². The van der Waals surface area contributed by atoms with Crippen LogP contribution in [0.3, 0.4) is 0 Å². The number of carbonyl (C=O) groups is 1. The van der Waals surface area contributed by atoms with Gasteiger partial charge >= 0.3 is 0 Å². The summed E-state index contributed by atoms with van der Waals surface area (Å²) in [5, 5.41) is 2.91. The predicted octanol–water partition coefficient (Wildman–Crippen LogP) is 4.70. The summed E-state index contributed by atoms with van der Waals surface area (Å²) >= 11 is 3.96. The van der Waals surface area contributed by atoms with Gasteiger partial charge in [-0.1, -0.05) is 12.1 Å². The number of pyridine rings is 1. The lowest BCUT2D eigenvalue weighted by Crippen LogP contribution is -2.12. The molecule has 0 spiro atoms. The van der Waals surface area contributed by atoms with Crippen LogP contribution in [-0.4, -0.2) is 31.9 Å². The number of nitrogens with one attached hydrogen (secondary N) is 1. The highest BCUT2D eigenvalue weighted by atomic mass is 32.2. The van der Waals surface area contributed by atoms with Gasteiger partial charge in [0, 0.05) is 18.0 Å². The third-order valence-corrected chi connectivity index (χ3v) is 7.37. The highest BCUT2D eigenvalue weighted by Crippen LogP contribution is 2.43. The number of hydrogen-bond acceptors (Lipinski definition) is 5. The lowest BCUT2D eigenvalue weighted by molar-refractivity contribution is 0.102. The largest absolute Gasteiger partial charge is 0.321 e. The highest BCUT2D eigenvalue weighted by Gasteiger charge is 2.17. The van der Waals surface area contributed by atoms with Crippen LogP contribution in [0.25, 0.3) is 5.82 Å². The minimum atomic E-state index is -0.126. The number of hydrogen-bond donors (Lipinski definition) is 1. The molecule has 7 heteroatoms. The zero-order chi connectivity index (χ0) is 18.6. The Morgan fingerprint density at radius 1 is 1.11 bits per heavy atom. The molecule has 3 heterocycles. The summed E-state index contributed by atoms with van der Waals surface area (Å²) in [6.07, 6.45) is 6.54. The van der Waals surface area contributed by atoms with E-state index >= 15 is 0 Å². The number of anilines is 1. The van der Waals surface area contributed by atoms with Crippen LogP contribution in [0.2, 0.25) is 0 Å². The van der Waals surface area contributed by atoms with E-state index in [1.165, 1.54) is 23.5 Å². The van der Waals surface area contributed by atoms with Gasteiger partial charge in [0.05, 0.1) is 16.5 Å². The van der Waals surface area contributed by atoms with Crippen molar-refractivity contribution in [1.82, 2.24) is 14.5 Å². The molecule has 0 aliphatic carbocycles. The molecule has 1 aliphatic heterocycles. The Morgan fingerprint density at radius 3 is 2.52 bits per heavy atom. The van der Waals surface area contributed by atoms with Crippen LogP contribution >= 0.6 is 23.5 Å². The van der Waals surface area contributed by atoms with E-state index in [9.17, 15) is 4.79 Å². The van der Waals surface area contributed by atoms with E-state index in [0.29, 0.717) is 15.8 Å². The molecule has 1 aliphatic rings. The summed E-state index contributed by atoms with van der Waals surface area (Å²) < 4.78 is 2.38. The molecule has 4 rings (SSSR count). The number of amides is 1. The van der Waals surface area contributed by atoms with Crippen molar-refractivity contribution in [1.29, 1.82) is 0 Å². The number of imidazole rings is 1. The van der Waals surface area contributed by atoms with Crippen LogP contribution < -0.4 is 5.32 Å². The Balaban J connectivity index is 1.42. The molecular weight excluding hydrogens is 376 g/mol. The first-order valence-electron chi connectivity index (χ1n) is 8.81. The van der Waals surface area contributed by atoms with Crippen LogP contribution in [0.4, 0.5) is 5.69 Å². The summed E-state index contributed by atoms with van der Waals surface area (Å²) in [6.45, 7) is 1.92. The number of carbonyl (C=O) groups excluding carboxylic acids is 1. The Hall–Kier alpha value is -2.25. The van der Waals surface area contributed by atoms with Crippen molar-refractivity contribution in [2.45, 2.75) is 17.9 Å². The van der Waals surface area contributed by atoms with Gasteiger partial charge in [0.1, 0.15) is 11.6 Å². The van der Waals surface area contributed by atoms with Crippen LogP contribution in [-0.2, 0) is 0 Å². The molecule has 5 nitrogen and oxygen atoms in total. The van der Waals surface area contributed by atoms with Crippen LogP contribution in [0.5, 0.6) is 0 Å². The second kappa shape index (κ2) is 8.19. The minimum Gasteiger partial charge on any atom is -0.321 e. The summed E-state index contributed by atoms with van der Waals surface area (Å²) in [6, 6.07) is 11.6. The van der Waals surface area contributed by atoms with Gasteiger partial charge < -0.3 is 5.32 Å². The maximum absolute atomic E-state index is 12.5. The van der Waals surface area contributed by atoms with E-state index < -0.39 is 0 Å². The van der Waals surface area contributed by atoms with E-state index in [-0.39, 0.29) is 5.91 Å². The second-order valence-corrected chi connectivity index (χ2v) is 8.98. The lowest BCUT2D eigenvalue weighted by atomic mass is 10.1. The quantitative estimate of drug-likeness (QED) is 0.693. The van der Waals surface area contributed by atoms with E-state index in [1.54, 1.807) is 12.4 Å². The van der Waals surface area contributed by atoms with Crippen LogP contribution in [0, 0.1) is 6.92 Å². The van der Waals surface area contributed by atoms with Crippen molar-refractivity contribution >= 4 is 35.1 Å². The zero-order valence-electron chi connectivity index (χ0n) is 15.0. The predicted molar refractivity (Wildman–Crippen MR) is 113 cm³/mol. The Kier molecular flexibility index (Phi) is 5.50. The number of nitrogens with zero attached hydrogens (tertiary/aromatic N) is 3.